The van der Waals surface area contributed by atoms with Crippen molar-refractivity contribution in [2.45, 2.75) is 26.2 Å². The van der Waals surface area contributed by atoms with Gasteiger partial charge in [0.1, 0.15) is 4.88 Å². The fourth-order valence-electron chi connectivity index (χ4n) is 1.26. The molecule has 1 aromatic rings. The first-order valence-corrected chi connectivity index (χ1v) is 5.91. The first-order valence-electron chi connectivity index (χ1n) is 5.14. The van der Waals surface area contributed by atoms with Crippen LogP contribution in [0.4, 0.5) is 0 Å². The summed E-state index contributed by atoms with van der Waals surface area (Å²) < 4.78 is 3.80. The Balaban J connectivity index is 2.72. The third-order valence-electron chi connectivity index (χ3n) is 2.14. The van der Waals surface area contributed by atoms with Crippen LogP contribution < -0.4 is 0 Å². The van der Waals surface area contributed by atoms with Gasteiger partial charge in [-0.1, -0.05) is 17.8 Å². The number of nitriles is 1. The molecule has 1 amide bonds. The van der Waals surface area contributed by atoms with Gasteiger partial charge < -0.3 is 4.90 Å². The molecule has 0 aliphatic rings. The van der Waals surface area contributed by atoms with E-state index in [4.69, 9.17) is 5.26 Å². The van der Waals surface area contributed by atoms with Gasteiger partial charge in [-0.25, -0.2) is 0 Å². The first kappa shape index (κ1) is 12.6. The fourth-order valence-corrected chi connectivity index (χ4v) is 1.97. The molecule has 1 aromatic heterocycles. The first-order chi connectivity index (χ1) is 7.70. The normalized spacial score (nSPS) is 9.81. The number of hydrogen-bond donors (Lipinski definition) is 0. The molecule has 0 spiro atoms. The van der Waals surface area contributed by atoms with E-state index in [1.165, 1.54) is 4.90 Å². The summed E-state index contributed by atoms with van der Waals surface area (Å²) in [5, 5.41) is 12.4. The summed E-state index contributed by atoms with van der Waals surface area (Å²) in [5.74, 6) is -0.0892. The molecule has 1 heterocycles. The molecular formula is C10H14N4OS. The SMILES string of the molecule is CCCc1nnsc1C(=O)N(C)CCC#N. The number of aromatic nitrogens is 2. The molecule has 1 rings (SSSR count). The lowest BCUT2D eigenvalue weighted by Crippen LogP contribution is -2.27. The van der Waals surface area contributed by atoms with Gasteiger partial charge in [-0.2, -0.15) is 5.26 Å². The number of hydrogen-bond acceptors (Lipinski definition) is 5. The summed E-state index contributed by atoms with van der Waals surface area (Å²) in [5.41, 5.74) is 0.765. The molecule has 0 fully saturated rings. The monoisotopic (exact) mass is 238 g/mol. The number of amides is 1. The Labute approximate surface area is 98.9 Å². The molecule has 0 saturated carbocycles. The minimum absolute atomic E-state index is 0.0892. The van der Waals surface area contributed by atoms with Gasteiger partial charge in [0.05, 0.1) is 18.2 Å². The highest BCUT2D eigenvalue weighted by molar-refractivity contribution is 7.07. The highest BCUT2D eigenvalue weighted by atomic mass is 32.1. The number of nitrogens with zero attached hydrogens (tertiary/aromatic N) is 4. The number of aryl methyl sites for hydroxylation is 1. The summed E-state index contributed by atoms with van der Waals surface area (Å²) in [6.45, 7) is 2.48. The van der Waals surface area contributed by atoms with Gasteiger partial charge in [-0.3, -0.25) is 4.79 Å². The second-order valence-corrected chi connectivity index (χ2v) is 4.19. The van der Waals surface area contributed by atoms with Crippen LogP contribution in [0.5, 0.6) is 0 Å². The number of rotatable bonds is 5. The maximum atomic E-state index is 12.0. The molecule has 0 aliphatic heterocycles. The molecular weight excluding hydrogens is 224 g/mol. The number of carbonyl (C=O) groups excluding carboxylic acids is 1. The summed E-state index contributed by atoms with van der Waals surface area (Å²) in [6, 6.07) is 2.02. The second-order valence-electron chi connectivity index (χ2n) is 3.43. The smallest absolute Gasteiger partial charge is 0.267 e. The van der Waals surface area contributed by atoms with Gasteiger partial charge in [0.15, 0.2) is 0 Å². The van der Waals surface area contributed by atoms with Crippen LogP contribution in [-0.4, -0.2) is 34.0 Å². The van der Waals surface area contributed by atoms with Crippen LogP contribution >= 0.6 is 11.5 Å². The molecule has 0 bridgehead atoms. The van der Waals surface area contributed by atoms with Crippen molar-refractivity contribution in [3.05, 3.63) is 10.6 Å². The van der Waals surface area contributed by atoms with Gasteiger partial charge in [-0.05, 0) is 18.0 Å². The Kier molecular flexibility index (Phi) is 4.86. The molecule has 6 heteroatoms. The van der Waals surface area contributed by atoms with E-state index < -0.39 is 0 Å². The van der Waals surface area contributed by atoms with Gasteiger partial charge in [-0.15, -0.1) is 5.10 Å². The van der Waals surface area contributed by atoms with Gasteiger partial charge >= 0.3 is 0 Å². The predicted molar refractivity (Wildman–Crippen MR) is 61.1 cm³/mol. The van der Waals surface area contributed by atoms with E-state index in [0.29, 0.717) is 17.8 Å². The van der Waals surface area contributed by atoms with Crippen molar-refractivity contribution >= 4 is 17.4 Å². The standard InChI is InChI=1S/C10H14N4OS/c1-3-5-8-9(16-13-12-8)10(15)14(2)7-4-6-11/h3-5,7H2,1-2H3. The average Bonchev–Trinajstić information content (AvgIpc) is 2.73. The summed E-state index contributed by atoms with van der Waals surface area (Å²) >= 11 is 1.12. The van der Waals surface area contributed by atoms with Crippen LogP contribution in [0.3, 0.4) is 0 Å². The lowest BCUT2D eigenvalue weighted by atomic mass is 10.2. The summed E-state index contributed by atoms with van der Waals surface area (Å²) in [6.07, 6.45) is 2.05. The summed E-state index contributed by atoms with van der Waals surface area (Å²) in [4.78, 5) is 14.1. The summed E-state index contributed by atoms with van der Waals surface area (Å²) in [7, 11) is 1.69. The van der Waals surface area contributed by atoms with Gasteiger partial charge in [0.25, 0.3) is 5.91 Å². The number of carbonyl (C=O) groups is 1. The minimum atomic E-state index is -0.0892. The topological polar surface area (TPSA) is 69.9 Å². The molecule has 0 aliphatic carbocycles. The third-order valence-corrected chi connectivity index (χ3v) is 2.90. The van der Waals surface area contributed by atoms with E-state index >= 15 is 0 Å². The van der Waals surface area contributed by atoms with Crippen molar-refractivity contribution in [3.63, 3.8) is 0 Å². The van der Waals surface area contributed by atoms with Crippen molar-refractivity contribution in [3.8, 4) is 6.07 Å². The largest absolute Gasteiger partial charge is 0.340 e. The van der Waals surface area contributed by atoms with Crippen LogP contribution in [0.15, 0.2) is 0 Å². The van der Waals surface area contributed by atoms with Crippen molar-refractivity contribution in [2.75, 3.05) is 13.6 Å². The Morgan fingerprint density at radius 3 is 3.00 bits per heavy atom. The predicted octanol–water partition coefficient (Wildman–Crippen LogP) is 1.48. The average molecular weight is 238 g/mol. The zero-order valence-electron chi connectivity index (χ0n) is 9.43. The van der Waals surface area contributed by atoms with Crippen LogP contribution in [0.25, 0.3) is 0 Å². The van der Waals surface area contributed by atoms with Crippen LogP contribution in [0, 0.1) is 11.3 Å². The molecule has 0 N–H and O–H groups in total. The lowest BCUT2D eigenvalue weighted by Gasteiger charge is -2.14. The molecule has 16 heavy (non-hydrogen) atoms. The molecule has 0 unspecified atom stereocenters. The van der Waals surface area contributed by atoms with E-state index in [1.54, 1.807) is 7.05 Å². The fraction of sp³-hybridized carbons (Fsp3) is 0.600. The molecule has 0 radical (unpaired) electrons. The lowest BCUT2D eigenvalue weighted by molar-refractivity contribution is 0.0801. The van der Waals surface area contributed by atoms with E-state index in [0.717, 1.165) is 30.1 Å². The Hall–Kier alpha value is -1.48. The zero-order chi connectivity index (χ0) is 12.0. The second kappa shape index (κ2) is 6.18. The van der Waals surface area contributed by atoms with Crippen molar-refractivity contribution in [2.24, 2.45) is 0 Å². The van der Waals surface area contributed by atoms with Crippen molar-refractivity contribution in [1.82, 2.24) is 14.5 Å². The van der Waals surface area contributed by atoms with Gasteiger partial charge in [0, 0.05) is 13.6 Å². The van der Waals surface area contributed by atoms with E-state index in [9.17, 15) is 4.79 Å². The van der Waals surface area contributed by atoms with Crippen LogP contribution in [0.2, 0.25) is 0 Å². The molecule has 0 saturated heterocycles. The van der Waals surface area contributed by atoms with Crippen LogP contribution in [0.1, 0.15) is 35.1 Å². The maximum absolute atomic E-state index is 12.0. The molecule has 0 aromatic carbocycles. The minimum Gasteiger partial charge on any atom is -0.340 e. The van der Waals surface area contributed by atoms with Crippen molar-refractivity contribution < 1.29 is 4.79 Å². The Morgan fingerprint density at radius 2 is 2.38 bits per heavy atom. The zero-order valence-corrected chi connectivity index (χ0v) is 10.3. The Morgan fingerprint density at radius 1 is 1.62 bits per heavy atom. The van der Waals surface area contributed by atoms with Crippen molar-refractivity contribution in [1.29, 1.82) is 5.26 Å². The quantitative estimate of drug-likeness (QED) is 0.779. The maximum Gasteiger partial charge on any atom is 0.267 e. The van der Waals surface area contributed by atoms with E-state index in [1.807, 2.05) is 13.0 Å². The third kappa shape index (κ3) is 3.00. The van der Waals surface area contributed by atoms with E-state index in [-0.39, 0.29) is 5.91 Å². The van der Waals surface area contributed by atoms with E-state index in [2.05, 4.69) is 9.59 Å². The highest BCUT2D eigenvalue weighted by Gasteiger charge is 2.18. The van der Waals surface area contributed by atoms with Crippen LogP contribution in [-0.2, 0) is 6.42 Å². The highest BCUT2D eigenvalue weighted by Crippen LogP contribution is 2.14. The molecule has 5 nitrogen and oxygen atoms in total. The van der Waals surface area contributed by atoms with Gasteiger partial charge in [0.2, 0.25) is 0 Å². The Bertz CT molecular complexity index is 396. The molecule has 86 valence electrons. The molecule has 0 atom stereocenters.